The summed E-state index contributed by atoms with van der Waals surface area (Å²) in [6.45, 7) is 0.370. The predicted octanol–water partition coefficient (Wildman–Crippen LogP) is 3.59. The van der Waals surface area contributed by atoms with Crippen LogP contribution in [0.2, 0.25) is 0 Å². The van der Waals surface area contributed by atoms with Crippen LogP contribution in [0.25, 0.3) is 0 Å². The minimum absolute atomic E-state index is 0.00470. The Morgan fingerprint density at radius 2 is 1.95 bits per heavy atom. The van der Waals surface area contributed by atoms with Crippen LogP contribution in [0.5, 0.6) is 5.75 Å². The van der Waals surface area contributed by atoms with E-state index in [0.29, 0.717) is 12.3 Å². The zero-order valence-electron chi connectivity index (χ0n) is 12.6. The number of thioether (sulfide) groups is 1. The third-order valence-electron chi connectivity index (χ3n) is 3.17. The summed E-state index contributed by atoms with van der Waals surface area (Å²) in [6, 6.07) is 14.5. The standard InChI is InChI=1S/C17H18FNO2S/c1-19(11-13-8-9-16(21-2)15(18)10-13)17(20)12-22-14-6-4-3-5-7-14/h3-10H,11-12H2,1-2H3. The van der Waals surface area contributed by atoms with Crippen molar-refractivity contribution < 1.29 is 13.9 Å². The highest BCUT2D eigenvalue weighted by Crippen LogP contribution is 2.20. The van der Waals surface area contributed by atoms with Gasteiger partial charge in [0.05, 0.1) is 12.9 Å². The van der Waals surface area contributed by atoms with Gasteiger partial charge in [-0.3, -0.25) is 4.79 Å². The van der Waals surface area contributed by atoms with E-state index in [9.17, 15) is 9.18 Å². The minimum Gasteiger partial charge on any atom is -0.494 e. The number of nitrogens with zero attached hydrogens (tertiary/aromatic N) is 1. The monoisotopic (exact) mass is 319 g/mol. The Hall–Kier alpha value is -2.01. The van der Waals surface area contributed by atoms with Gasteiger partial charge >= 0.3 is 0 Å². The van der Waals surface area contributed by atoms with Crippen LogP contribution in [0.1, 0.15) is 5.56 Å². The lowest BCUT2D eigenvalue weighted by molar-refractivity contribution is -0.127. The smallest absolute Gasteiger partial charge is 0.232 e. The van der Waals surface area contributed by atoms with Crippen molar-refractivity contribution in [3.05, 3.63) is 59.9 Å². The summed E-state index contributed by atoms with van der Waals surface area (Å²) in [5, 5.41) is 0. The highest BCUT2D eigenvalue weighted by molar-refractivity contribution is 8.00. The van der Waals surface area contributed by atoms with Gasteiger partial charge in [-0.15, -0.1) is 11.8 Å². The maximum atomic E-state index is 13.6. The molecule has 0 aromatic heterocycles. The van der Waals surface area contributed by atoms with Crippen molar-refractivity contribution in [2.75, 3.05) is 19.9 Å². The van der Waals surface area contributed by atoms with Crippen LogP contribution < -0.4 is 4.74 Å². The topological polar surface area (TPSA) is 29.5 Å². The van der Waals surface area contributed by atoms with Gasteiger partial charge in [0.15, 0.2) is 11.6 Å². The summed E-state index contributed by atoms with van der Waals surface area (Å²) in [7, 11) is 3.14. The van der Waals surface area contributed by atoms with Crippen molar-refractivity contribution >= 4 is 17.7 Å². The van der Waals surface area contributed by atoms with E-state index >= 15 is 0 Å². The molecule has 0 saturated carbocycles. The van der Waals surface area contributed by atoms with Crippen LogP contribution in [0.4, 0.5) is 4.39 Å². The number of benzene rings is 2. The van der Waals surface area contributed by atoms with E-state index in [1.54, 1.807) is 24.1 Å². The molecule has 0 aliphatic heterocycles. The summed E-state index contributed by atoms with van der Waals surface area (Å²) in [5.74, 6) is 0.154. The predicted molar refractivity (Wildman–Crippen MR) is 86.6 cm³/mol. The van der Waals surface area contributed by atoms with Crippen LogP contribution >= 0.6 is 11.8 Å². The first-order chi connectivity index (χ1) is 10.6. The molecule has 3 nitrogen and oxygen atoms in total. The van der Waals surface area contributed by atoms with Crippen molar-refractivity contribution in [2.45, 2.75) is 11.4 Å². The number of rotatable bonds is 6. The largest absolute Gasteiger partial charge is 0.494 e. The summed E-state index contributed by atoms with van der Waals surface area (Å²) >= 11 is 1.49. The molecular formula is C17H18FNO2S. The number of carbonyl (C=O) groups excluding carboxylic acids is 1. The third kappa shape index (κ3) is 4.49. The Morgan fingerprint density at radius 3 is 2.59 bits per heavy atom. The van der Waals surface area contributed by atoms with Gasteiger partial charge in [-0.05, 0) is 29.8 Å². The third-order valence-corrected chi connectivity index (χ3v) is 4.16. The van der Waals surface area contributed by atoms with Gasteiger partial charge in [0.2, 0.25) is 5.91 Å². The van der Waals surface area contributed by atoms with Gasteiger partial charge in [0.25, 0.3) is 0 Å². The molecule has 2 aromatic rings. The van der Waals surface area contributed by atoms with Crippen LogP contribution in [0, 0.1) is 5.82 Å². The summed E-state index contributed by atoms with van der Waals surface area (Å²) in [6.07, 6.45) is 0. The molecule has 0 heterocycles. The fourth-order valence-electron chi connectivity index (χ4n) is 1.94. The Balaban J connectivity index is 1.89. The van der Waals surface area contributed by atoms with E-state index in [1.165, 1.54) is 24.9 Å². The summed E-state index contributed by atoms with van der Waals surface area (Å²) in [4.78, 5) is 14.8. The quantitative estimate of drug-likeness (QED) is 0.762. The van der Waals surface area contributed by atoms with E-state index in [-0.39, 0.29) is 11.7 Å². The second kappa shape index (κ2) is 7.84. The van der Waals surface area contributed by atoms with E-state index < -0.39 is 5.82 Å². The lowest BCUT2D eigenvalue weighted by Gasteiger charge is -2.17. The summed E-state index contributed by atoms with van der Waals surface area (Å²) < 4.78 is 18.5. The molecule has 0 aliphatic rings. The van der Waals surface area contributed by atoms with Crippen LogP contribution in [-0.2, 0) is 11.3 Å². The van der Waals surface area contributed by atoms with Crippen molar-refractivity contribution in [3.8, 4) is 5.75 Å². The van der Waals surface area contributed by atoms with Gasteiger partial charge < -0.3 is 9.64 Å². The Bertz CT molecular complexity index is 634. The van der Waals surface area contributed by atoms with Gasteiger partial charge in [-0.25, -0.2) is 4.39 Å². The van der Waals surface area contributed by atoms with E-state index in [0.717, 1.165) is 10.5 Å². The average Bonchev–Trinajstić information content (AvgIpc) is 2.53. The second-order valence-corrected chi connectivity index (χ2v) is 5.87. The van der Waals surface area contributed by atoms with Gasteiger partial charge in [-0.1, -0.05) is 24.3 Å². The molecule has 22 heavy (non-hydrogen) atoms. The van der Waals surface area contributed by atoms with Crippen LogP contribution in [-0.4, -0.2) is 30.7 Å². The normalized spacial score (nSPS) is 10.3. The number of amides is 1. The number of hydrogen-bond acceptors (Lipinski definition) is 3. The number of halogens is 1. The maximum Gasteiger partial charge on any atom is 0.232 e. The molecule has 0 bridgehead atoms. The molecule has 0 radical (unpaired) electrons. The first-order valence-corrected chi connectivity index (χ1v) is 7.83. The molecule has 0 aliphatic carbocycles. The molecule has 0 atom stereocenters. The zero-order chi connectivity index (χ0) is 15.9. The Labute approximate surface area is 134 Å². The van der Waals surface area contributed by atoms with Gasteiger partial charge in [0, 0.05) is 18.5 Å². The number of ether oxygens (including phenoxy) is 1. The first-order valence-electron chi connectivity index (χ1n) is 6.84. The summed E-state index contributed by atoms with van der Waals surface area (Å²) in [5.41, 5.74) is 0.735. The Morgan fingerprint density at radius 1 is 1.23 bits per heavy atom. The fraction of sp³-hybridized carbons (Fsp3) is 0.235. The molecule has 116 valence electrons. The molecule has 0 fully saturated rings. The van der Waals surface area contributed by atoms with Crippen LogP contribution in [0.3, 0.4) is 0 Å². The van der Waals surface area contributed by atoms with Crippen molar-refractivity contribution in [1.82, 2.24) is 4.90 Å². The second-order valence-electron chi connectivity index (χ2n) is 4.82. The maximum absolute atomic E-state index is 13.6. The molecule has 2 rings (SSSR count). The fourth-order valence-corrected chi connectivity index (χ4v) is 2.80. The SMILES string of the molecule is COc1ccc(CN(C)C(=O)CSc2ccccc2)cc1F. The number of hydrogen-bond donors (Lipinski definition) is 0. The molecule has 0 spiro atoms. The average molecular weight is 319 g/mol. The first kappa shape index (κ1) is 16.4. The number of carbonyl (C=O) groups is 1. The number of methoxy groups -OCH3 is 1. The highest BCUT2D eigenvalue weighted by atomic mass is 32.2. The molecule has 0 saturated heterocycles. The van der Waals surface area contributed by atoms with Crippen molar-refractivity contribution in [3.63, 3.8) is 0 Å². The molecule has 0 unspecified atom stereocenters. The van der Waals surface area contributed by atoms with Crippen molar-refractivity contribution in [2.24, 2.45) is 0 Å². The van der Waals surface area contributed by atoms with E-state index in [1.807, 2.05) is 30.3 Å². The molecule has 2 aromatic carbocycles. The van der Waals surface area contributed by atoms with E-state index in [4.69, 9.17) is 4.74 Å². The lowest BCUT2D eigenvalue weighted by atomic mass is 10.2. The van der Waals surface area contributed by atoms with E-state index in [2.05, 4.69) is 0 Å². The molecule has 0 N–H and O–H groups in total. The Kier molecular flexibility index (Phi) is 5.83. The van der Waals surface area contributed by atoms with Gasteiger partial charge in [0.1, 0.15) is 0 Å². The highest BCUT2D eigenvalue weighted by Gasteiger charge is 2.11. The minimum atomic E-state index is -0.417. The zero-order valence-corrected chi connectivity index (χ0v) is 13.4. The van der Waals surface area contributed by atoms with Crippen LogP contribution in [0.15, 0.2) is 53.4 Å². The van der Waals surface area contributed by atoms with Gasteiger partial charge in [-0.2, -0.15) is 0 Å². The van der Waals surface area contributed by atoms with Crippen molar-refractivity contribution in [1.29, 1.82) is 0 Å². The molecular weight excluding hydrogens is 301 g/mol. The molecule has 1 amide bonds. The lowest BCUT2D eigenvalue weighted by Crippen LogP contribution is -2.27. The molecule has 5 heteroatoms.